The second-order valence-corrected chi connectivity index (χ2v) is 2.33. The molecule has 72 valence electrons. The molecule has 0 saturated heterocycles. The van der Waals surface area contributed by atoms with E-state index in [2.05, 4.69) is 15.3 Å². The first-order valence-corrected chi connectivity index (χ1v) is 3.48. The van der Waals surface area contributed by atoms with E-state index in [0.29, 0.717) is 0 Å². The van der Waals surface area contributed by atoms with E-state index in [4.69, 9.17) is 0 Å². The van der Waals surface area contributed by atoms with Gasteiger partial charge in [-0.05, 0) is 14.0 Å². The Kier molecular flexibility index (Phi) is 8.81. The van der Waals surface area contributed by atoms with Crippen LogP contribution in [0.2, 0.25) is 0 Å². The van der Waals surface area contributed by atoms with Gasteiger partial charge in [-0.2, -0.15) is 0 Å². The van der Waals surface area contributed by atoms with Gasteiger partial charge in [0, 0.05) is 18.7 Å². The van der Waals surface area contributed by atoms with Crippen molar-refractivity contribution in [1.82, 2.24) is 15.3 Å². The van der Waals surface area contributed by atoms with Gasteiger partial charge in [0.1, 0.15) is 0 Å². The highest BCUT2D eigenvalue weighted by Gasteiger charge is 1.97. The number of hydrogen-bond donors (Lipinski definition) is 2. The number of nitrogens with zero attached hydrogens (tertiary/aromatic N) is 1. The molecular weight excluding hydrogens is 197 g/mol. The Bertz CT molecular complexity index is 200. The van der Waals surface area contributed by atoms with E-state index in [0.717, 1.165) is 18.7 Å². The third-order valence-electron chi connectivity index (χ3n) is 1.55. The lowest BCUT2D eigenvalue weighted by atomic mass is 10.2. The minimum atomic E-state index is 0. The van der Waals surface area contributed by atoms with Gasteiger partial charge in [-0.1, -0.05) is 0 Å². The number of aromatic amines is 1. The van der Waals surface area contributed by atoms with Crippen molar-refractivity contribution in [3.63, 3.8) is 0 Å². The minimum Gasteiger partial charge on any atom is -0.348 e. The zero-order chi connectivity index (χ0) is 7.40. The molecule has 5 heteroatoms. The van der Waals surface area contributed by atoms with Crippen molar-refractivity contribution in [2.75, 3.05) is 13.6 Å². The topological polar surface area (TPSA) is 40.7 Å². The molecule has 1 heterocycles. The van der Waals surface area contributed by atoms with Crippen molar-refractivity contribution in [1.29, 1.82) is 0 Å². The molecule has 0 radical (unpaired) electrons. The smallest absolute Gasteiger partial charge is 0.0925 e. The molecule has 0 aliphatic heterocycles. The van der Waals surface area contributed by atoms with Gasteiger partial charge in [-0.25, -0.2) is 4.98 Å². The Morgan fingerprint density at radius 2 is 2.17 bits per heavy atom. The fourth-order valence-electron chi connectivity index (χ4n) is 0.883. The van der Waals surface area contributed by atoms with E-state index >= 15 is 0 Å². The average molecular weight is 212 g/mol. The van der Waals surface area contributed by atoms with Gasteiger partial charge in [0.2, 0.25) is 0 Å². The fourth-order valence-corrected chi connectivity index (χ4v) is 0.883. The summed E-state index contributed by atoms with van der Waals surface area (Å²) in [5, 5.41) is 3.08. The van der Waals surface area contributed by atoms with Crippen molar-refractivity contribution in [2.45, 2.75) is 13.3 Å². The van der Waals surface area contributed by atoms with Crippen LogP contribution >= 0.6 is 24.8 Å². The van der Waals surface area contributed by atoms with Crippen LogP contribution in [0, 0.1) is 6.92 Å². The predicted octanol–water partition coefficient (Wildman–Crippen LogP) is 1.32. The van der Waals surface area contributed by atoms with Gasteiger partial charge >= 0.3 is 0 Å². The Morgan fingerprint density at radius 3 is 2.58 bits per heavy atom. The van der Waals surface area contributed by atoms with Gasteiger partial charge in [-0.15, -0.1) is 24.8 Å². The largest absolute Gasteiger partial charge is 0.348 e. The molecule has 2 N–H and O–H groups in total. The molecule has 0 fully saturated rings. The molecule has 0 saturated carbocycles. The zero-order valence-electron chi connectivity index (χ0n) is 7.26. The summed E-state index contributed by atoms with van der Waals surface area (Å²) in [6.07, 6.45) is 2.74. The SMILES string of the molecule is CNCCc1nc[nH]c1C.Cl.Cl. The summed E-state index contributed by atoms with van der Waals surface area (Å²) in [5.41, 5.74) is 2.34. The lowest BCUT2D eigenvalue weighted by Gasteiger charge is -1.95. The van der Waals surface area contributed by atoms with Crippen LogP contribution in [0.5, 0.6) is 0 Å². The van der Waals surface area contributed by atoms with Gasteiger partial charge in [0.25, 0.3) is 0 Å². The Labute approximate surface area is 85.2 Å². The normalized spacial score (nSPS) is 8.50. The Hall–Kier alpha value is -0.250. The molecule has 0 spiro atoms. The number of aryl methyl sites for hydroxylation is 1. The zero-order valence-corrected chi connectivity index (χ0v) is 8.89. The first kappa shape index (κ1) is 14.3. The predicted molar refractivity (Wildman–Crippen MR) is 55.5 cm³/mol. The number of likely N-dealkylation sites (N-methyl/N-ethyl adjacent to an activating group) is 1. The van der Waals surface area contributed by atoms with E-state index in [1.807, 2.05) is 14.0 Å². The summed E-state index contributed by atoms with van der Waals surface area (Å²) in [5.74, 6) is 0. The van der Waals surface area contributed by atoms with Gasteiger partial charge < -0.3 is 10.3 Å². The number of aromatic nitrogens is 2. The monoisotopic (exact) mass is 211 g/mol. The summed E-state index contributed by atoms with van der Waals surface area (Å²) in [7, 11) is 1.95. The summed E-state index contributed by atoms with van der Waals surface area (Å²) in [6.45, 7) is 3.03. The molecule has 0 aromatic carbocycles. The highest BCUT2D eigenvalue weighted by molar-refractivity contribution is 5.85. The van der Waals surface area contributed by atoms with E-state index in [-0.39, 0.29) is 24.8 Å². The van der Waals surface area contributed by atoms with E-state index in [1.165, 1.54) is 5.69 Å². The average Bonchev–Trinajstić information content (AvgIpc) is 2.31. The number of H-pyrrole nitrogens is 1. The van der Waals surface area contributed by atoms with E-state index in [9.17, 15) is 0 Å². The van der Waals surface area contributed by atoms with Crippen LogP contribution in [0.25, 0.3) is 0 Å². The minimum absolute atomic E-state index is 0. The molecule has 1 aromatic heterocycles. The first-order chi connectivity index (χ1) is 4.84. The number of imidazole rings is 1. The second kappa shape index (κ2) is 7.40. The highest BCUT2D eigenvalue weighted by atomic mass is 35.5. The van der Waals surface area contributed by atoms with Crippen LogP contribution in [0.3, 0.4) is 0 Å². The number of rotatable bonds is 3. The summed E-state index contributed by atoms with van der Waals surface area (Å²) in [4.78, 5) is 7.20. The van der Waals surface area contributed by atoms with Crippen LogP contribution in [0.1, 0.15) is 11.4 Å². The molecule has 0 atom stereocenters. The highest BCUT2D eigenvalue weighted by Crippen LogP contribution is 1.99. The number of nitrogens with one attached hydrogen (secondary N) is 2. The van der Waals surface area contributed by atoms with Crippen LogP contribution in [-0.4, -0.2) is 23.6 Å². The van der Waals surface area contributed by atoms with Crippen molar-refractivity contribution in [2.24, 2.45) is 0 Å². The third-order valence-corrected chi connectivity index (χ3v) is 1.55. The van der Waals surface area contributed by atoms with Crippen molar-refractivity contribution < 1.29 is 0 Å². The maximum Gasteiger partial charge on any atom is 0.0925 e. The van der Waals surface area contributed by atoms with E-state index in [1.54, 1.807) is 6.33 Å². The Morgan fingerprint density at radius 1 is 1.50 bits per heavy atom. The quantitative estimate of drug-likeness (QED) is 0.793. The standard InChI is InChI=1S/C7H13N3.2ClH/c1-6-7(3-4-8-2)10-5-9-6;;/h5,8H,3-4H2,1-2H3,(H,9,10);2*1H. The summed E-state index contributed by atoms with van der Waals surface area (Å²) in [6, 6.07) is 0. The van der Waals surface area contributed by atoms with E-state index < -0.39 is 0 Å². The molecule has 3 nitrogen and oxygen atoms in total. The first-order valence-electron chi connectivity index (χ1n) is 3.48. The lowest BCUT2D eigenvalue weighted by molar-refractivity contribution is 0.776. The lowest BCUT2D eigenvalue weighted by Crippen LogP contribution is -2.10. The molecule has 1 rings (SSSR count). The van der Waals surface area contributed by atoms with Gasteiger partial charge in [0.05, 0.1) is 12.0 Å². The maximum atomic E-state index is 4.16. The second-order valence-electron chi connectivity index (χ2n) is 2.33. The maximum absolute atomic E-state index is 4.16. The molecular formula is C7H15Cl2N3. The summed E-state index contributed by atoms with van der Waals surface area (Å²) >= 11 is 0. The van der Waals surface area contributed by atoms with Gasteiger partial charge in [0.15, 0.2) is 0 Å². The van der Waals surface area contributed by atoms with Crippen molar-refractivity contribution in [3.05, 3.63) is 17.7 Å². The van der Waals surface area contributed by atoms with Crippen molar-refractivity contribution >= 4 is 24.8 Å². The molecule has 0 aliphatic rings. The van der Waals surface area contributed by atoms with Crippen LogP contribution in [0.4, 0.5) is 0 Å². The molecule has 0 aliphatic carbocycles. The van der Waals surface area contributed by atoms with Crippen LogP contribution in [0.15, 0.2) is 6.33 Å². The van der Waals surface area contributed by atoms with Crippen LogP contribution in [-0.2, 0) is 6.42 Å². The summed E-state index contributed by atoms with van der Waals surface area (Å²) < 4.78 is 0. The Balaban J connectivity index is 0. The molecule has 1 aromatic rings. The molecule has 0 unspecified atom stereocenters. The number of hydrogen-bond acceptors (Lipinski definition) is 2. The van der Waals surface area contributed by atoms with Crippen LogP contribution < -0.4 is 5.32 Å². The third kappa shape index (κ3) is 3.95. The number of halogens is 2. The molecule has 0 amide bonds. The molecule has 12 heavy (non-hydrogen) atoms. The fraction of sp³-hybridized carbons (Fsp3) is 0.571. The molecule has 0 bridgehead atoms. The van der Waals surface area contributed by atoms with Gasteiger partial charge in [-0.3, -0.25) is 0 Å². The van der Waals surface area contributed by atoms with Crippen molar-refractivity contribution in [3.8, 4) is 0 Å².